The molecule has 2 unspecified atom stereocenters. The van der Waals surface area contributed by atoms with Gasteiger partial charge in [-0.2, -0.15) is 0 Å². The van der Waals surface area contributed by atoms with Crippen LogP contribution in [0.25, 0.3) is 0 Å². The standard InChI is InChI=1S/C29H31N4O4/c1-19(34)33-24-8-6-5-7-23(24)29(4,26(27(30)36)28(33,2)3)21-9-11-22(12-10-21)37-18-25(35)32-17-20-13-15-31-16-14-20/h6-16,26H,17-18H2,1-4H3,(H2,30,36)(H,32,35). The zero-order valence-electron chi connectivity index (χ0n) is 21.4. The smallest absolute Gasteiger partial charge is 0.258 e. The molecule has 191 valence electrons. The maximum Gasteiger partial charge on any atom is 0.258 e. The van der Waals surface area contributed by atoms with Crippen LogP contribution < -0.4 is 20.7 Å². The summed E-state index contributed by atoms with van der Waals surface area (Å²) in [7, 11) is 0. The third-order valence-corrected chi connectivity index (χ3v) is 7.16. The molecule has 8 heteroatoms. The minimum Gasteiger partial charge on any atom is -0.484 e. The molecule has 3 N–H and O–H groups in total. The van der Waals surface area contributed by atoms with Gasteiger partial charge in [0.15, 0.2) is 6.61 Å². The number of carbonyl (C=O) groups is 3. The van der Waals surface area contributed by atoms with Crippen LogP contribution in [0.3, 0.4) is 0 Å². The van der Waals surface area contributed by atoms with E-state index in [0.29, 0.717) is 12.3 Å². The molecule has 2 aromatic carbocycles. The van der Waals surface area contributed by atoms with Gasteiger partial charge >= 0.3 is 0 Å². The van der Waals surface area contributed by atoms with Gasteiger partial charge in [0.1, 0.15) is 5.75 Å². The summed E-state index contributed by atoms with van der Waals surface area (Å²) in [6.07, 6.45) is 3.34. The Hall–Kier alpha value is -4.20. The first-order valence-electron chi connectivity index (χ1n) is 12.1. The molecule has 0 saturated heterocycles. The van der Waals surface area contributed by atoms with E-state index in [-0.39, 0.29) is 18.4 Å². The van der Waals surface area contributed by atoms with Gasteiger partial charge in [0.2, 0.25) is 11.8 Å². The normalized spacial score (nSPS) is 20.0. The highest BCUT2D eigenvalue weighted by Gasteiger charge is 2.57. The molecule has 1 radical (unpaired) electrons. The number of nitrogens with one attached hydrogen (secondary N) is 1. The molecule has 1 aromatic heterocycles. The van der Waals surface area contributed by atoms with Gasteiger partial charge in [-0.3, -0.25) is 19.4 Å². The molecule has 2 heterocycles. The highest BCUT2D eigenvalue weighted by atomic mass is 16.5. The van der Waals surface area contributed by atoms with Crippen molar-refractivity contribution in [2.45, 2.75) is 45.2 Å². The number of hydrogen-bond acceptors (Lipinski definition) is 5. The van der Waals surface area contributed by atoms with Gasteiger partial charge < -0.3 is 20.7 Å². The van der Waals surface area contributed by atoms with Crippen molar-refractivity contribution in [2.24, 2.45) is 11.7 Å². The quantitative estimate of drug-likeness (QED) is 0.518. The van der Waals surface area contributed by atoms with Crippen molar-refractivity contribution in [3.05, 3.63) is 89.7 Å². The molecule has 1 aliphatic heterocycles. The highest BCUT2D eigenvalue weighted by molar-refractivity contribution is 5.98. The topological polar surface area (TPSA) is 115 Å². The highest BCUT2D eigenvalue weighted by Crippen LogP contribution is 2.54. The number of primary amides is 1. The number of nitrogens with two attached hydrogens (primary N) is 1. The fraction of sp³-hybridized carbons (Fsp3) is 0.310. The summed E-state index contributed by atoms with van der Waals surface area (Å²) in [6, 6.07) is 19.5. The number of carbonyl (C=O) groups excluding carboxylic acids is 3. The lowest BCUT2D eigenvalue weighted by Crippen LogP contribution is -2.65. The Bertz CT molecular complexity index is 1310. The number of nitrogens with zero attached hydrogens (tertiary/aromatic N) is 2. The van der Waals surface area contributed by atoms with Gasteiger partial charge in [-0.1, -0.05) is 25.1 Å². The van der Waals surface area contributed by atoms with Gasteiger partial charge in [0.25, 0.3) is 5.91 Å². The third kappa shape index (κ3) is 4.79. The molecule has 0 bridgehead atoms. The van der Waals surface area contributed by atoms with Crippen LogP contribution in [0.4, 0.5) is 5.69 Å². The van der Waals surface area contributed by atoms with Crippen LogP contribution in [-0.4, -0.2) is 34.9 Å². The van der Waals surface area contributed by atoms with E-state index in [4.69, 9.17) is 10.5 Å². The summed E-state index contributed by atoms with van der Waals surface area (Å²) in [5.74, 6) is -1.12. The maximum absolute atomic E-state index is 12.9. The SMILES string of the molecule is CC(=O)N1c2cc[c]cc2C(C)(c2ccc(OCC(=O)NCc3ccncc3)cc2)C(C(N)=O)C1(C)C. The van der Waals surface area contributed by atoms with Crippen molar-refractivity contribution < 1.29 is 19.1 Å². The number of ether oxygens (including phenoxy) is 1. The molecule has 4 rings (SSSR count). The molecule has 2 atom stereocenters. The Labute approximate surface area is 216 Å². The number of anilines is 1. The zero-order valence-corrected chi connectivity index (χ0v) is 21.4. The second-order valence-electron chi connectivity index (χ2n) is 9.93. The van der Waals surface area contributed by atoms with Crippen LogP contribution in [0.1, 0.15) is 44.4 Å². The van der Waals surface area contributed by atoms with Crippen molar-refractivity contribution >= 4 is 23.4 Å². The van der Waals surface area contributed by atoms with Crippen LogP contribution >= 0.6 is 0 Å². The van der Waals surface area contributed by atoms with E-state index >= 15 is 0 Å². The number of hydrogen-bond donors (Lipinski definition) is 2. The summed E-state index contributed by atoms with van der Waals surface area (Å²) in [5, 5.41) is 2.81. The van der Waals surface area contributed by atoms with Gasteiger partial charge in [0, 0.05) is 37.0 Å². The van der Waals surface area contributed by atoms with Crippen molar-refractivity contribution in [3.63, 3.8) is 0 Å². The number of aromatic nitrogens is 1. The predicted molar refractivity (Wildman–Crippen MR) is 140 cm³/mol. The van der Waals surface area contributed by atoms with Gasteiger partial charge in [0.05, 0.1) is 11.5 Å². The molecule has 0 aliphatic carbocycles. The summed E-state index contributed by atoms with van der Waals surface area (Å²) < 4.78 is 5.69. The Morgan fingerprint density at radius 2 is 1.76 bits per heavy atom. The molecule has 3 aromatic rings. The summed E-state index contributed by atoms with van der Waals surface area (Å²) >= 11 is 0. The van der Waals surface area contributed by atoms with Crippen LogP contribution in [0.5, 0.6) is 5.75 Å². The van der Waals surface area contributed by atoms with Crippen molar-refractivity contribution in [1.82, 2.24) is 10.3 Å². The average Bonchev–Trinajstić information content (AvgIpc) is 2.86. The van der Waals surface area contributed by atoms with E-state index in [0.717, 1.165) is 22.4 Å². The van der Waals surface area contributed by atoms with E-state index in [1.807, 2.05) is 57.2 Å². The lowest BCUT2D eigenvalue weighted by atomic mass is 9.57. The van der Waals surface area contributed by atoms with Gasteiger partial charge in [-0.15, -0.1) is 0 Å². The lowest BCUT2D eigenvalue weighted by Gasteiger charge is -2.55. The van der Waals surface area contributed by atoms with Crippen LogP contribution in [0.2, 0.25) is 0 Å². The van der Waals surface area contributed by atoms with E-state index < -0.39 is 22.8 Å². The lowest BCUT2D eigenvalue weighted by molar-refractivity contribution is -0.127. The number of benzene rings is 2. The van der Waals surface area contributed by atoms with E-state index in [9.17, 15) is 14.4 Å². The number of amides is 3. The third-order valence-electron chi connectivity index (χ3n) is 7.16. The van der Waals surface area contributed by atoms with Crippen molar-refractivity contribution in [3.8, 4) is 5.75 Å². The van der Waals surface area contributed by atoms with Crippen molar-refractivity contribution in [2.75, 3.05) is 11.5 Å². The summed E-state index contributed by atoms with van der Waals surface area (Å²) in [5.41, 5.74) is 7.57. The maximum atomic E-state index is 12.9. The van der Waals surface area contributed by atoms with Crippen molar-refractivity contribution in [1.29, 1.82) is 0 Å². The monoisotopic (exact) mass is 499 g/mol. The Morgan fingerprint density at radius 3 is 2.38 bits per heavy atom. The Morgan fingerprint density at radius 1 is 1.08 bits per heavy atom. The van der Waals surface area contributed by atoms with E-state index in [1.165, 1.54) is 6.92 Å². The summed E-state index contributed by atoms with van der Waals surface area (Å²) in [6.45, 7) is 7.44. The molecule has 0 fully saturated rings. The first-order valence-corrected chi connectivity index (χ1v) is 12.1. The largest absolute Gasteiger partial charge is 0.484 e. The van der Waals surface area contributed by atoms with Crippen LogP contribution in [-0.2, 0) is 26.3 Å². The Balaban J connectivity index is 1.59. The molecular formula is C29H31N4O4. The summed E-state index contributed by atoms with van der Waals surface area (Å²) in [4.78, 5) is 43.5. The molecule has 1 aliphatic rings. The number of rotatable bonds is 7. The first-order chi connectivity index (χ1) is 17.6. The number of fused-ring (bicyclic) bond motifs is 1. The second kappa shape index (κ2) is 10.0. The fourth-order valence-corrected chi connectivity index (χ4v) is 5.66. The zero-order chi connectivity index (χ0) is 26.8. The first kappa shape index (κ1) is 25.9. The molecule has 37 heavy (non-hydrogen) atoms. The molecule has 3 amide bonds. The molecular weight excluding hydrogens is 468 g/mol. The van der Waals surface area contributed by atoms with E-state index in [2.05, 4.69) is 16.4 Å². The molecule has 8 nitrogen and oxygen atoms in total. The van der Waals surface area contributed by atoms with Crippen LogP contribution in [0, 0.1) is 12.0 Å². The average molecular weight is 500 g/mol. The van der Waals surface area contributed by atoms with Gasteiger partial charge in [-0.05, 0) is 73.0 Å². The van der Waals surface area contributed by atoms with Crippen LogP contribution in [0.15, 0.2) is 67.0 Å². The fourth-order valence-electron chi connectivity index (χ4n) is 5.66. The minimum atomic E-state index is -0.886. The van der Waals surface area contributed by atoms with Gasteiger partial charge in [-0.25, -0.2) is 0 Å². The molecule has 0 spiro atoms. The number of pyridine rings is 1. The minimum absolute atomic E-state index is 0.135. The molecule has 0 saturated carbocycles. The second-order valence-corrected chi connectivity index (χ2v) is 9.93. The predicted octanol–water partition coefficient (Wildman–Crippen LogP) is 3.13. The Kier molecular flexibility index (Phi) is 7.03. The van der Waals surface area contributed by atoms with E-state index in [1.54, 1.807) is 35.5 Å².